The zero-order valence-corrected chi connectivity index (χ0v) is 7.22. The first-order chi connectivity index (χ1) is 4.59. The van der Waals surface area contributed by atoms with Gasteiger partial charge in [0.1, 0.15) is 0 Å². The van der Waals surface area contributed by atoms with Crippen LogP contribution < -0.4 is 0 Å². The summed E-state index contributed by atoms with van der Waals surface area (Å²) in [6.45, 7) is 8.33. The Kier molecular flexibility index (Phi) is 1.17. The van der Waals surface area contributed by atoms with Crippen molar-refractivity contribution in [1.82, 2.24) is 4.90 Å². The summed E-state index contributed by atoms with van der Waals surface area (Å²) >= 11 is 0. The van der Waals surface area contributed by atoms with Gasteiger partial charge in [0.05, 0.1) is 0 Å². The van der Waals surface area contributed by atoms with Gasteiger partial charge in [-0.2, -0.15) is 0 Å². The van der Waals surface area contributed by atoms with Crippen LogP contribution in [0.15, 0.2) is 0 Å². The Labute approximate surface area is 63.4 Å². The Morgan fingerprint density at radius 1 is 1.30 bits per heavy atom. The van der Waals surface area contributed by atoms with Crippen LogP contribution in [0.25, 0.3) is 0 Å². The van der Waals surface area contributed by atoms with Crippen LogP contribution in [-0.4, -0.2) is 23.0 Å². The molecule has 0 spiro atoms. The van der Waals surface area contributed by atoms with E-state index < -0.39 is 0 Å². The summed E-state index contributed by atoms with van der Waals surface area (Å²) in [5, 5.41) is 0. The highest BCUT2D eigenvalue weighted by molar-refractivity contribution is 5.04. The molecule has 0 amide bonds. The molecule has 0 radical (unpaired) electrons. The third-order valence-corrected chi connectivity index (χ3v) is 2.89. The normalized spacial score (nSPS) is 39.9. The van der Waals surface area contributed by atoms with Crippen molar-refractivity contribution in [2.75, 3.05) is 6.54 Å². The average molecular weight is 139 g/mol. The molecule has 0 aromatic rings. The van der Waals surface area contributed by atoms with Crippen molar-refractivity contribution in [2.24, 2.45) is 5.92 Å². The zero-order chi connectivity index (χ0) is 7.35. The monoisotopic (exact) mass is 139 g/mol. The van der Waals surface area contributed by atoms with Crippen molar-refractivity contribution in [3.8, 4) is 0 Å². The molecular weight excluding hydrogens is 122 g/mol. The number of hydrogen-bond acceptors (Lipinski definition) is 1. The van der Waals surface area contributed by atoms with Gasteiger partial charge in [-0.25, -0.2) is 0 Å². The summed E-state index contributed by atoms with van der Waals surface area (Å²) in [7, 11) is 0. The Bertz CT molecular complexity index is 145. The van der Waals surface area contributed by atoms with E-state index in [0.29, 0.717) is 5.54 Å². The quantitative estimate of drug-likeness (QED) is 0.495. The van der Waals surface area contributed by atoms with Crippen LogP contribution >= 0.6 is 0 Å². The van der Waals surface area contributed by atoms with E-state index in [9.17, 15) is 0 Å². The molecule has 0 N–H and O–H groups in total. The molecule has 0 aromatic heterocycles. The van der Waals surface area contributed by atoms with Crippen molar-refractivity contribution < 1.29 is 0 Å². The minimum atomic E-state index is 0.427. The topological polar surface area (TPSA) is 3.24 Å². The van der Waals surface area contributed by atoms with Gasteiger partial charge in [-0.05, 0) is 46.1 Å². The summed E-state index contributed by atoms with van der Waals surface area (Å²) in [6, 6.07) is 0.972. The predicted octanol–water partition coefficient (Wildman–Crippen LogP) is 1.88. The van der Waals surface area contributed by atoms with Gasteiger partial charge in [-0.3, -0.25) is 4.90 Å². The largest absolute Gasteiger partial charge is 0.295 e. The van der Waals surface area contributed by atoms with Gasteiger partial charge in [-0.1, -0.05) is 0 Å². The number of piperidine rings is 1. The fourth-order valence-electron chi connectivity index (χ4n) is 2.23. The Morgan fingerprint density at radius 3 is 2.20 bits per heavy atom. The van der Waals surface area contributed by atoms with Crippen molar-refractivity contribution in [3.05, 3.63) is 0 Å². The number of rotatable bonds is 0. The van der Waals surface area contributed by atoms with Gasteiger partial charge in [0.15, 0.2) is 0 Å². The first-order valence-corrected chi connectivity index (χ1v) is 4.36. The molecule has 2 aliphatic rings. The van der Waals surface area contributed by atoms with Crippen LogP contribution in [0.2, 0.25) is 0 Å². The van der Waals surface area contributed by atoms with E-state index in [1.54, 1.807) is 0 Å². The van der Waals surface area contributed by atoms with E-state index >= 15 is 0 Å². The molecule has 0 unspecified atom stereocenters. The molecule has 0 bridgehead atoms. The van der Waals surface area contributed by atoms with Crippen molar-refractivity contribution in [3.63, 3.8) is 0 Å². The lowest BCUT2D eigenvalue weighted by molar-refractivity contribution is 0.150. The third-order valence-electron chi connectivity index (χ3n) is 2.89. The third kappa shape index (κ3) is 0.878. The van der Waals surface area contributed by atoms with E-state index in [4.69, 9.17) is 0 Å². The van der Waals surface area contributed by atoms with Gasteiger partial charge in [-0.15, -0.1) is 0 Å². The number of nitrogens with zero attached hydrogens (tertiary/aromatic N) is 1. The molecule has 1 heterocycles. The molecule has 2 fully saturated rings. The smallest absolute Gasteiger partial charge is 0.0133 e. The average Bonchev–Trinajstić information content (AvgIpc) is 2.40. The second-order valence-electron chi connectivity index (χ2n) is 4.72. The fourth-order valence-corrected chi connectivity index (χ4v) is 2.23. The molecule has 1 saturated carbocycles. The summed E-state index contributed by atoms with van der Waals surface area (Å²) in [6.07, 6.45) is 2.94. The first kappa shape index (κ1) is 6.66. The van der Waals surface area contributed by atoms with Gasteiger partial charge in [0, 0.05) is 11.6 Å². The highest BCUT2D eigenvalue weighted by Crippen LogP contribution is 2.47. The lowest BCUT2D eigenvalue weighted by atomic mass is 10.1. The fraction of sp³-hybridized carbons (Fsp3) is 1.00. The molecule has 58 valence electrons. The van der Waals surface area contributed by atoms with E-state index in [0.717, 1.165) is 12.0 Å². The Balaban J connectivity index is 2.05. The maximum atomic E-state index is 2.66. The molecule has 1 aliphatic carbocycles. The molecule has 1 heteroatoms. The summed E-state index contributed by atoms with van der Waals surface area (Å²) in [5.74, 6) is 1.08. The predicted molar refractivity (Wildman–Crippen MR) is 43.0 cm³/mol. The van der Waals surface area contributed by atoms with Crippen molar-refractivity contribution in [2.45, 2.75) is 45.2 Å². The van der Waals surface area contributed by atoms with Crippen LogP contribution in [0.3, 0.4) is 0 Å². The van der Waals surface area contributed by atoms with Gasteiger partial charge in [0.2, 0.25) is 0 Å². The SMILES string of the molecule is CC(C)(C)N1CC[C@H]2C[C@H]21. The van der Waals surface area contributed by atoms with Crippen LogP contribution in [0.5, 0.6) is 0 Å². The highest BCUT2D eigenvalue weighted by Gasteiger charge is 2.49. The first-order valence-electron chi connectivity index (χ1n) is 4.36. The molecule has 2 atom stereocenters. The van der Waals surface area contributed by atoms with Crippen LogP contribution in [0.1, 0.15) is 33.6 Å². The number of likely N-dealkylation sites (tertiary alicyclic amines) is 1. The zero-order valence-electron chi connectivity index (χ0n) is 7.22. The standard InChI is InChI=1S/C9H17N/c1-9(2,3)10-5-4-7-6-8(7)10/h7-8H,4-6H2,1-3H3/t7-,8+/m0/s1. The Morgan fingerprint density at radius 2 is 2.00 bits per heavy atom. The second-order valence-corrected chi connectivity index (χ2v) is 4.72. The molecular formula is C9H17N. The number of fused-ring (bicyclic) bond motifs is 1. The summed E-state index contributed by atoms with van der Waals surface area (Å²) < 4.78 is 0. The lowest BCUT2D eigenvalue weighted by Gasteiger charge is -2.33. The summed E-state index contributed by atoms with van der Waals surface area (Å²) in [4.78, 5) is 2.66. The number of hydrogen-bond donors (Lipinski definition) is 0. The molecule has 1 saturated heterocycles. The minimum absolute atomic E-state index is 0.427. The van der Waals surface area contributed by atoms with Gasteiger partial charge < -0.3 is 0 Å². The van der Waals surface area contributed by atoms with E-state index in [1.807, 2.05) is 0 Å². The maximum Gasteiger partial charge on any atom is 0.0133 e. The molecule has 10 heavy (non-hydrogen) atoms. The van der Waals surface area contributed by atoms with Gasteiger partial charge in [0.25, 0.3) is 0 Å². The van der Waals surface area contributed by atoms with E-state index in [2.05, 4.69) is 25.7 Å². The van der Waals surface area contributed by atoms with E-state index in [1.165, 1.54) is 19.4 Å². The van der Waals surface area contributed by atoms with Crippen molar-refractivity contribution >= 4 is 0 Å². The molecule has 2 rings (SSSR count). The Hall–Kier alpha value is -0.0400. The molecule has 1 aliphatic heterocycles. The highest BCUT2D eigenvalue weighted by atomic mass is 15.3. The van der Waals surface area contributed by atoms with Crippen LogP contribution in [-0.2, 0) is 0 Å². The summed E-state index contributed by atoms with van der Waals surface area (Å²) in [5.41, 5.74) is 0.427. The van der Waals surface area contributed by atoms with Gasteiger partial charge >= 0.3 is 0 Å². The molecule has 1 nitrogen and oxygen atoms in total. The van der Waals surface area contributed by atoms with Crippen LogP contribution in [0, 0.1) is 5.92 Å². The molecule has 0 aromatic carbocycles. The van der Waals surface area contributed by atoms with Crippen molar-refractivity contribution in [1.29, 1.82) is 0 Å². The maximum absolute atomic E-state index is 2.66. The van der Waals surface area contributed by atoms with Crippen LogP contribution in [0.4, 0.5) is 0 Å². The van der Waals surface area contributed by atoms with E-state index in [-0.39, 0.29) is 0 Å². The lowest BCUT2D eigenvalue weighted by Crippen LogP contribution is -2.41. The minimum Gasteiger partial charge on any atom is -0.295 e. The second kappa shape index (κ2) is 1.76.